The van der Waals surface area contributed by atoms with E-state index in [-0.39, 0.29) is 29.7 Å². The number of aryl methyl sites for hydroxylation is 1. The predicted molar refractivity (Wildman–Crippen MR) is 110 cm³/mol. The fourth-order valence-corrected chi connectivity index (χ4v) is 3.96. The van der Waals surface area contributed by atoms with Gasteiger partial charge in [-0.25, -0.2) is 9.07 Å². The highest BCUT2D eigenvalue weighted by Gasteiger charge is 2.39. The number of anilines is 1. The summed E-state index contributed by atoms with van der Waals surface area (Å²) < 4.78 is 15.3. The summed E-state index contributed by atoms with van der Waals surface area (Å²) in [7, 11) is 0. The van der Waals surface area contributed by atoms with Crippen LogP contribution in [0.2, 0.25) is 0 Å². The third-order valence-corrected chi connectivity index (χ3v) is 5.39. The van der Waals surface area contributed by atoms with E-state index in [4.69, 9.17) is 0 Å². The zero-order chi connectivity index (χ0) is 20.5. The largest absolute Gasteiger partial charge is 0.274 e. The van der Waals surface area contributed by atoms with Gasteiger partial charge in [-0.2, -0.15) is 10.1 Å². The molecule has 5 nitrogen and oxygen atoms in total. The van der Waals surface area contributed by atoms with Crippen LogP contribution in [-0.4, -0.2) is 20.7 Å². The molecule has 3 aromatic rings. The Morgan fingerprint density at radius 3 is 2.34 bits per heavy atom. The summed E-state index contributed by atoms with van der Waals surface area (Å²) in [4.78, 5) is 19.4. The molecule has 0 aliphatic carbocycles. The van der Waals surface area contributed by atoms with Crippen molar-refractivity contribution >= 4 is 11.9 Å². The monoisotopic (exact) mass is 392 g/mol. The zero-order valence-corrected chi connectivity index (χ0v) is 16.9. The molecule has 4 rings (SSSR count). The minimum absolute atomic E-state index is 0.0392. The van der Waals surface area contributed by atoms with Crippen LogP contribution in [0.3, 0.4) is 0 Å². The molecule has 0 unspecified atom stereocenters. The van der Waals surface area contributed by atoms with Crippen molar-refractivity contribution in [1.82, 2.24) is 14.8 Å². The van der Waals surface area contributed by atoms with Gasteiger partial charge < -0.3 is 0 Å². The lowest BCUT2D eigenvalue weighted by atomic mass is 9.91. The highest BCUT2D eigenvalue weighted by atomic mass is 19.1. The number of amides is 1. The van der Waals surface area contributed by atoms with Crippen molar-refractivity contribution < 1.29 is 9.18 Å². The van der Waals surface area contributed by atoms with Crippen molar-refractivity contribution in [3.63, 3.8) is 0 Å². The molecule has 0 saturated carbocycles. The molecule has 1 aliphatic rings. The van der Waals surface area contributed by atoms with E-state index in [0.717, 1.165) is 11.1 Å². The van der Waals surface area contributed by atoms with Gasteiger partial charge in [0.1, 0.15) is 12.1 Å². The average molecular weight is 392 g/mol. The fraction of sp³-hybridized carbons (Fsp3) is 0.348. The normalized spacial score (nSPS) is 18.7. The number of hydrogen-bond acceptors (Lipinski definition) is 3. The van der Waals surface area contributed by atoms with Crippen LogP contribution in [0.15, 0.2) is 54.9 Å². The van der Waals surface area contributed by atoms with Crippen molar-refractivity contribution in [3.8, 4) is 0 Å². The topological polar surface area (TPSA) is 51.0 Å². The van der Waals surface area contributed by atoms with Gasteiger partial charge in [0.15, 0.2) is 0 Å². The third-order valence-electron chi connectivity index (χ3n) is 5.39. The second-order valence-electron chi connectivity index (χ2n) is 8.10. The molecule has 0 saturated heterocycles. The molecule has 6 heteroatoms. The van der Waals surface area contributed by atoms with Crippen molar-refractivity contribution in [2.24, 2.45) is 5.92 Å². The molecule has 0 bridgehead atoms. The van der Waals surface area contributed by atoms with Gasteiger partial charge in [0.05, 0.1) is 12.1 Å². The van der Waals surface area contributed by atoms with Crippen LogP contribution in [-0.2, 0) is 4.79 Å². The Morgan fingerprint density at radius 1 is 1.07 bits per heavy atom. The minimum Gasteiger partial charge on any atom is -0.274 e. The maximum atomic E-state index is 13.5. The first-order valence-electron chi connectivity index (χ1n) is 9.97. The molecule has 0 N–H and O–H groups in total. The SMILES string of the molecule is Cc1ccc([C@@H]2C[C@H](c3ccc(F)cc3)n3ncnc3N2C(=O)CC(C)C)cc1. The molecule has 29 heavy (non-hydrogen) atoms. The molecular weight excluding hydrogens is 367 g/mol. The summed E-state index contributed by atoms with van der Waals surface area (Å²) >= 11 is 0. The van der Waals surface area contributed by atoms with Gasteiger partial charge in [-0.05, 0) is 42.5 Å². The van der Waals surface area contributed by atoms with Gasteiger partial charge >= 0.3 is 0 Å². The summed E-state index contributed by atoms with van der Waals surface area (Å²) in [5.74, 6) is 0.554. The number of halogens is 1. The summed E-state index contributed by atoms with van der Waals surface area (Å²) in [6, 6.07) is 14.5. The number of fused-ring (bicyclic) bond motifs is 1. The molecule has 1 aliphatic heterocycles. The minimum atomic E-state index is -0.271. The van der Waals surface area contributed by atoms with Gasteiger partial charge in [0.25, 0.3) is 0 Å². The highest BCUT2D eigenvalue weighted by Crippen LogP contribution is 2.42. The van der Waals surface area contributed by atoms with Gasteiger partial charge in [-0.15, -0.1) is 0 Å². The second kappa shape index (κ2) is 7.78. The number of carbonyl (C=O) groups excluding carboxylic acids is 1. The first kappa shape index (κ1) is 19.3. The highest BCUT2D eigenvalue weighted by molar-refractivity contribution is 5.93. The zero-order valence-electron chi connectivity index (χ0n) is 16.9. The first-order chi connectivity index (χ1) is 13.9. The van der Waals surface area contributed by atoms with E-state index < -0.39 is 0 Å². The van der Waals surface area contributed by atoms with Gasteiger partial charge in [0.2, 0.25) is 11.9 Å². The van der Waals surface area contributed by atoms with E-state index in [1.54, 1.807) is 21.7 Å². The number of nitrogens with zero attached hydrogens (tertiary/aromatic N) is 4. The average Bonchev–Trinajstić information content (AvgIpc) is 3.17. The standard InChI is InChI=1S/C23H25FN4O/c1-15(2)12-22(29)27-20(17-6-4-16(3)5-7-17)13-21(28-23(27)25-14-26-28)18-8-10-19(24)11-9-18/h4-11,14-15,20-21H,12-13H2,1-3H3/t20-,21+/m0/s1. The maximum Gasteiger partial charge on any atom is 0.231 e. The Kier molecular flexibility index (Phi) is 5.18. The molecule has 0 fully saturated rings. The molecular formula is C23H25FN4O. The lowest BCUT2D eigenvalue weighted by Crippen LogP contribution is -2.43. The van der Waals surface area contributed by atoms with E-state index in [1.807, 2.05) is 20.8 Å². The van der Waals surface area contributed by atoms with Crippen LogP contribution in [0.25, 0.3) is 0 Å². The fourth-order valence-electron chi connectivity index (χ4n) is 3.96. The number of hydrogen-bond donors (Lipinski definition) is 0. The molecule has 2 aromatic carbocycles. The van der Waals surface area contributed by atoms with Crippen LogP contribution in [0, 0.1) is 18.7 Å². The Bertz CT molecular complexity index is 994. The van der Waals surface area contributed by atoms with E-state index in [0.29, 0.717) is 18.8 Å². The number of aromatic nitrogens is 3. The lowest BCUT2D eigenvalue weighted by molar-refractivity contribution is -0.120. The third kappa shape index (κ3) is 3.79. The summed E-state index contributed by atoms with van der Waals surface area (Å²) in [5, 5.41) is 4.41. The number of benzene rings is 2. The Balaban J connectivity index is 1.81. The Labute approximate surface area is 170 Å². The molecule has 1 aromatic heterocycles. The molecule has 1 amide bonds. The van der Waals surface area contributed by atoms with Crippen LogP contribution in [0.5, 0.6) is 0 Å². The molecule has 0 spiro atoms. The summed E-state index contributed by atoms with van der Waals surface area (Å²) in [6.45, 7) is 6.12. The number of carbonyl (C=O) groups is 1. The van der Waals surface area contributed by atoms with Gasteiger partial charge in [-0.1, -0.05) is 55.8 Å². The Morgan fingerprint density at radius 2 is 1.69 bits per heavy atom. The van der Waals surface area contributed by atoms with E-state index in [9.17, 15) is 9.18 Å². The van der Waals surface area contributed by atoms with Crippen LogP contribution < -0.4 is 4.90 Å². The van der Waals surface area contributed by atoms with Gasteiger partial charge in [0, 0.05) is 6.42 Å². The van der Waals surface area contributed by atoms with Crippen LogP contribution in [0.1, 0.15) is 55.5 Å². The van der Waals surface area contributed by atoms with E-state index in [1.165, 1.54) is 24.0 Å². The molecule has 0 radical (unpaired) electrons. The summed E-state index contributed by atoms with van der Waals surface area (Å²) in [6.07, 6.45) is 2.57. The first-order valence-corrected chi connectivity index (χ1v) is 9.97. The summed E-state index contributed by atoms with van der Waals surface area (Å²) in [5.41, 5.74) is 3.18. The molecule has 2 heterocycles. The lowest BCUT2D eigenvalue weighted by Gasteiger charge is -2.39. The predicted octanol–water partition coefficient (Wildman–Crippen LogP) is 4.84. The number of rotatable bonds is 4. The van der Waals surface area contributed by atoms with Crippen molar-refractivity contribution in [3.05, 3.63) is 77.4 Å². The van der Waals surface area contributed by atoms with Gasteiger partial charge in [-0.3, -0.25) is 9.69 Å². The quantitative estimate of drug-likeness (QED) is 0.638. The second-order valence-corrected chi connectivity index (χ2v) is 8.10. The molecule has 2 atom stereocenters. The Hall–Kier alpha value is -3.02. The smallest absolute Gasteiger partial charge is 0.231 e. The maximum absolute atomic E-state index is 13.5. The van der Waals surface area contributed by atoms with Crippen LogP contribution >= 0.6 is 0 Å². The van der Waals surface area contributed by atoms with E-state index in [2.05, 4.69) is 34.3 Å². The van der Waals surface area contributed by atoms with Crippen molar-refractivity contribution in [2.75, 3.05) is 4.90 Å². The van der Waals surface area contributed by atoms with Crippen molar-refractivity contribution in [1.29, 1.82) is 0 Å². The van der Waals surface area contributed by atoms with E-state index >= 15 is 0 Å². The van der Waals surface area contributed by atoms with Crippen molar-refractivity contribution in [2.45, 2.75) is 45.7 Å². The molecule has 150 valence electrons. The van der Waals surface area contributed by atoms with Crippen LogP contribution in [0.4, 0.5) is 10.3 Å².